The van der Waals surface area contributed by atoms with Gasteiger partial charge in [0.2, 0.25) is 5.91 Å². The van der Waals surface area contributed by atoms with Crippen molar-refractivity contribution in [2.24, 2.45) is 5.41 Å². The topological polar surface area (TPSA) is 126 Å². The Morgan fingerprint density at radius 2 is 1.82 bits per heavy atom. The molecule has 0 radical (unpaired) electrons. The first kappa shape index (κ1) is 26.6. The summed E-state index contributed by atoms with van der Waals surface area (Å²) in [7, 11) is 0. The lowest BCUT2D eigenvalue weighted by atomic mass is 9.95. The molecule has 0 bridgehead atoms. The first-order valence-corrected chi connectivity index (χ1v) is 12.1. The van der Waals surface area contributed by atoms with Crippen LogP contribution in [-0.4, -0.2) is 31.5 Å². The lowest BCUT2D eigenvalue weighted by molar-refractivity contribution is -0.123. The Bertz CT molecular complexity index is 1580. The molecule has 0 aliphatic carbocycles. The van der Waals surface area contributed by atoms with Gasteiger partial charge in [0.1, 0.15) is 11.4 Å². The van der Waals surface area contributed by atoms with Crippen molar-refractivity contribution in [3.05, 3.63) is 99.8 Å². The molecule has 38 heavy (non-hydrogen) atoms. The van der Waals surface area contributed by atoms with Gasteiger partial charge in [-0.2, -0.15) is 0 Å². The van der Waals surface area contributed by atoms with Crippen molar-refractivity contribution in [2.75, 3.05) is 10.6 Å². The molecule has 10 heteroatoms. The number of carbonyl (C=O) groups is 2. The molecule has 0 saturated heterocycles. The van der Waals surface area contributed by atoms with Crippen LogP contribution in [0, 0.1) is 5.41 Å². The zero-order valence-corrected chi connectivity index (χ0v) is 21.8. The average Bonchev–Trinajstić information content (AvgIpc) is 2.86. The molecule has 2 amide bonds. The maximum Gasteiger partial charge on any atom is 0.255 e. The number of aromatic hydroxyl groups is 1. The molecular weight excluding hydrogens is 506 g/mol. The summed E-state index contributed by atoms with van der Waals surface area (Å²) in [5.41, 5.74) is 1.72. The number of nitrogens with one attached hydrogen (secondary N) is 2. The van der Waals surface area contributed by atoms with Crippen LogP contribution in [0.1, 0.15) is 36.7 Å². The molecule has 2 aromatic carbocycles. The van der Waals surface area contributed by atoms with Crippen LogP contribution < -0.4 is 16.2 Å². The molecule has 0 aliphatic heterocycles. The van der Waals surface area contributed by atoms with Crippen LogP contribution in [0.2, 0.25) is 5.02 Å². The van der Waals surface area contributed by atoms with E-state index in [-0.39, 0.29) is 29.4 Å². The molecular formula is C28H26ClN5O4. The molecule has 0 atom stereocenters. The average molecular weight is 532 g/mol. The Morgan fingerprint density at radius 3 is 2.53 bits per heavy atom. The fourth-order valence-corrected chi connectivity index (χ4v) is 3.70. The van der Waals surface area contributed by atoms with Crippen molar-refractivity contribution in [1.82, 2.24) is 14.5 Å². The standard InChI is InChI=1S/C28H26ClN5O4/c1-28(2,3)27(38)33-22-12-19(29)7-8-20(22)21-13-25(36)34(16-31-21)15-17-5-4-6-18(11-17)26(37)32-23-14-30-10-9-24(23)35/h4-14,16H,15H2,1-3H3,(H,30,35)(H,32,37)(H,33,38). The van der Waals surface area contributed by atoms with E-state index in [0.29, 0.717) is 33.1 Å². The van der Waals surface area contributed by atoms with Crippen LogP contribution in [0.15, 0.2) is 78.1 Å². The van der Waals surface area contributed by atoms with Gasteiger partial charge < -0.3 is 15.7 Å². The quantitative estimate of drug-likeness (QED) is 0.323. The van der Waals surface area contributed by atoms with Crippen molar-refractivity contribution in [2.45, 2.75) is 27.3 Å². The van der Waals surface area contributed by atoms with Crippen molar-refractivity contribution in [3.8, 4) is 17.0 Å². The predicted octanol–water partition coefficient (Wildman–Crippen LogP) is 4.95. The number of anilines is 2. The number of aromatic nitrogens is 3. The Hall–Kier alpha value is -4.50. The molecule has 4 rings (SSSR count). The Kier molecular flexibility index (Phi) is 7.59. The van der Waals surface area contributed by atoms with Crippen LogP contribution in [0.4, 0.5) is 11.4 Å². The van der Waals surface area contributed by atoms with Gasteiger partial charge in [-0.05, 0) is 35.9 Å². The van der Waals surface area contributed by atoms with Crippen LogP contribution in [0.3, 0.4) is 0 Å². The maximum absolute atomic E-state index is 13.0. The van der Waals surface area contributed by atoms with Gasteiger partial charge in [0.05, 0.1) is 30.5 Å². The van der Waals surface area contributed by atoms with Crippen LogP contribution in [-0.2, 0) is 11.3 Å². The minimum absolute atomic E-state index is 0.0935. The van der Waals surface area contributed by atoms with Gasteiger partial charge in [-0.3, -0.25) is 23.9 Å². The third-order valence-electron chi connectivity index (χ3n) is 5.65. The van der Waals surface area contributed by atoms with E-state index in [2.05, 4.69) is 20.6 Å². The summed E-state index contributed by atoms with van der Waals surface area (Å²) in [5, 5.41) is 15.8. The predicted molar refractivity (Wildman–Crippen MR) is 146 cm³/mol. The summed E-state index contributed by atoms with van der Waals surface area (Å²) in [4.78, 5) is 46.5. The number of halogens is 1. The van der Waals surface area contributed by atoms with Crippen LogP contribution in [0.25, 0.3) is 11.3 Å². The number of amides is 2. The Balaban J connectivity index is 1.56. The molecule has 0 fully saturated rings. The van der Waals surface area contributed by atoms with E-state index in [1.165, 1.54) is 35.4 Å². The van der Waals surface area contributed by atoms with E-state index in [4.69, 9.17) is 11.6 Å². The minimum atomic E-state index is -0.625. The lowest BCUT2D eigenvalue weighted by Crippen LogP contribution is -2.28. The molecule has 0 aliphatic rings. The summed E-state index contributed by atoms with van der Waals surface area (Å²) in [6, 6.07) is 14.5. The number of rotatable bonds is 6. The zero-order chi connectivity index (χ0) is 27.4. The Morgan fingerprint density at radius 1 is 1.03 bits per heavy atom. The monoisotopic (exact) mass is 531 g/mol. The summed E-state index contributed by atoms with van der Waals surface area (Å²) in [5.74, 6) is -0.718. The Labute approximate surface area is 224 Å². The molecule has 2 heterocycles. The van der Waals surface area contributed by atoms with Crippen molar-refractivity contribution < 1.29 is 14.7 Å². The summed E-state index contributed by atoms with van der Waals surface area (Å²) < 4.78 is 1.41. The van der Waals surface area contributed by atoms with E-state index >= 15 is 0 Å². The highest BCUT2D eigenvalue weighted by molar-refractivity contribution is 6.31. The van der Waals surface area contributed by atoms with Gasteiger partial charge in [-0.25, -0.2) is 4.98 Å². The largest absolute Gasteiger partial charge is 0.506 e. The summed E-state index contributed by atoms with van der Waals surface area (Å²) >= 11 is 6.16. The molecule has 0 saturated carbocycles. The molecule has 9 nitrogen and oxygen atoms in total. The number of nitrogens with zero attached hydrogens (tertiary/aromatic N) is 3. The molecule has 0 unspecified atom stereocenters. The lowest BCUT2D eigenvalue weighted by Gasteiger charge is -2.19. The second-order valence-corrected chi connectivity index (χ2v) is 10.1. The van der Waals surface area contributed by atoms with Crippen molar-refractivity contribution in [1.29, 1.82) is 0 Å². The fraction of sp³-hybridized carbons (Fsp3) is 0.179. The summed E-state index contributed by atoms with van der Waals surface area (Å²) in [6.07, 6.45) is 4.19. The van der Waals surface area contributed by atoms with Gasteiger partial charge in [0.25, 0.3) is 11.5 Å². The molecule has 2 aromatic heterocycles. The van der Waals surface area contributed by atoms with E-state index < -0.39 is 11.3 Å². The molecule has 194 valence electrons. The first-order valence-electron chi connectivity index (χ1n) is 11.7. The van der Waals surface area contributed by atoms with Gasteiger partial charge >= 0.3 is 0 Å². The normalized spacial score (nSPS) is 11.2. The summed E-state index contributed by atoms with van der Waals surface area (Å²) in [6.45, 7) is 5.58. The van der Waals surface area contributed by atoms with Crippen LogP contribution in [0.5, 0.6) is 5.75 Å². The minimum Gasteiger partial charge on any atom is -0.506 e. The number of hydrogen-bond donors (Lipinski definition) is 3. The zero-order valence-electron chi connectivity index (χ0n) is 21.0. The second-order valence-electron chi connectivity index (χ2n) is 9.68. The molecule has 0 spiro atoms. The number of hydrogen-bond acceptors (Lipinski definition) is 6. The van der Waals surface area contributed by atoms with E-state index in [1.807, 2.05) is 0 Å². The first-order chi connectivity index (χ1) is 18.0. The van der Waals surface area contributed by atoms with Crippen molar-refractivity contribution >= 4 is 34.8 Å². The third-order valence-corrected chi connectivity index (χ3v) is 5.89. The highest BCUT2D eigenvalue weighted by Gasteiger charge is 2.23. The number of benzene rings is 2. The highest BCUT2D eigenvalue weighted by atomic mass is 35.5. The number of pyridine rings is 1. The second kappa shape index (κ2) is 10.9. The van der Waals surface area contributed by atoms with Gasteiger partial charge in [-0.15, -0.1) is 0 Å². The van der Waals surface area contributed by atoms with E-state index in [9.17, 15) is 19.5 Å². The maximum atomic E-state index is 13.0. The van der Waals surface area contributed by atoms with Crippen LogP contribution >= 0.6 is 11.6 Å². The number of carbonyl (C=O) groups excluding carboxylic acids is 2. The molecule has 3 N–H and O–H groups in total. The third kappa shape index (κ3) is 6.24. The van der Waals surface area contributed by atoms with Gasteiger partial charge in [0, 0.05) is 39.9 Å². The van der Waals surface area contributed by atoms with E-state index in [0.717, 1.165) is 0 Å². The van der Waals surface area contributed by atoms with E-state index in [1.54, 1.807) is 63.2 Å². The van der Waals surface area contributed by atoms with Crippen molar-refractivity contribution in [3.63, 3.8) is 0 Å². The van der Waals surface area contributed by atoms with Gasteiger partial charge in [-0.1, -0.05) is 44.5 Å². The fourth-order valence-electron chi connectivity index (χ4n) is 3.53. The molecule has 4 aromatic rings. The highest BCUT2D eigenvalue weighted by Crippen LogP contribution is 2.30. The van der Waals surface area contributed by atoms with Gasteiger partial charge in [0.15, 0.2) is 0 Å². The SMILES string of the molecule is CC(C)(C)C(=O)Nc1cc(Cl)ccc1-c1cc(=O)n(Cc2cccc(C(=O)Nc3cnccc3O)c2)cn1. The smallest absolute Gasteiger partial charge is 0.255 e.